The fraction of sp³-hybridized carbons (Fsp3) is 0.481. The van der Waals surface area contributed by atoms with Crippen molar-refractivity contribution in [2.45, 2.75) is 65.4 Å². The van der Waals surface area contributed by atoms with Gasteiger partial charge in [-0.1, -0.05) is 57.2 Å². The quantitative estimate of drug-likeness (QED) is 0.572. The number of hydrogen-bond donors (Lipinski definition) is 2. The minimum absolute atomic E-state index is 0.295. The lowest BCUT2D eigenvalue weighted by molar-refractivity contribution is -0.144. The van der Waals surface area contributed by atoms with Crippen molar-refractivity contribution >= 4 is 12.1 Å². The van der Waals surface area contributed by atoms with Gasteiger partial charge in [-0.25, -0.2) is 14.0 Å². The highest BCUT2D eigenvalue weighted by atomic mass is 19.1. The Morgan fingerprint density at radius 3 is 2.34 bits per heavy atom. The monoisotopic (exact) mass is 486 g/mol. The summed E-state index contributed by atoms with van der Waals surface area (Å²) in [5.41, 5.74) is 1.05. The van der Waals surface area contributed by atoms with Crippen LogP contribution in [0.1, 0.15) is 51.8 Å². The molecule has 1 fully saturated rings. The average molecular weight is 487 g/mol. The Bertz CT molecular complexity index is 1040. The molecule has 0 radical (unpaired) electrons. The number of carbonyl (C=O) groups is 2. The fourth-order valence-electron chi connectivity index (χ4n) is 5.04. The number of methoxy groups -OCH3 is 1. The Hall–Kier alpha value is -3.13. The van der Waals surface area contributed by atoms with E-state index in [0.717, 1.165) is 11.1 Å². The third kappa shape index (κ3) is 5.75. The number of amides is 1. The minimum Gasteiger partial charge on any atom is -0.496 e. The van der Waals surface area contributed by atoms with Crippen LogP contribution in [-0.2, 0) is 16.1 Å². The predicted molar refractivity (Wildman–Crippen MR) is 131 cm³/mol. The summed E-state index contributed by atoms with van der Waals surface area (Å²) in [7, 11) is 1.47. The van der Waals surface area contributed by atoms with Gasteiger partial charge >= 0.3 is 12.1 Å². The minimum atomic E-state index is -1.11. The summed E-state index contributed by atoms with van der Waals surface area (Å²) in [6.07, 6.45) is -1.07. The number of likely N-dealkylation sites (tertiary alicyclic amines) is 1. The van der Waals surface area contributed by atoms with Gasteiger partial charge in [0.2, 0.25) is 0 Å². The van der Waals surface area contributed by atoms with Crippen LogP contribution in [0.5, 0.6) is 5.75 Å². The summed E-state index contributed by atoms with van der Waals surface area (Å²) < 4.78 is 24.6. The highest BCUT2D eigenvalue weighted by Crippen LogP contribution is 2.48. The molecule has 4 unspecified atom stereocenters. The standard InChI is InChI=1S/C27H35FN2O5/c1-16(2)35-26(33)30-23(17-10-8-7-9-11-17)22(21(27(3,4)5)24(30)25(31)32)29-15-18-12-13-19(28)14-20(18)34-6/h7-14,16,21-24,29H,15H2,1-6H3,(H,31,32). The van der Waals surface area contributed by atoms with Gasteiger partial charge in [0.05, 0.1) is 19.3 Å². The summed E-state index contributed by atoms with van der Waals surface area (Å²) in [5, 5.41) is 13.8. The molecule has 4 atom stereocenters. The largest absolute Gasteiger partial charge is 0.496 e. The average Bonchev–Trinajstić information content (AvgIpc) is 3.14. The highest BCUT2D eigenvalue weighted by molar-refractivity contribution is 5.82. The lowest BCUT2D eigenvalue weighted by Crippen LogP contribution is -2.48. The zero-order chi connectivity index (χ0) is 25.9. The van der Waals surface area contributed by atoms with Crippen molar-refractivity contribution in [1.82, 2.24) is 10.2 Å². The molecule has 0 saturated carbocycles. The normalized spacial score (nSPS) is 22.3. The summed E-state index contributed by atoms with van der Waals surface area (Å²) in [6.45, 7) is 9.68. The van der Waals surface area contributed by atoms with E-state index >= 15 is 0 Å². The molecule has 0 bridgehead atoms. The van der Waals surface area contributed by atoms with Crippen LogP contribution in [0.2, 0.25) is 0 Å². The Morgan fingerprint density at radius 2 is 1.80 bits per heavy atom. The molecular formula is C27H35FN2O5. The van der Waals surface area contributed by atoms with Crippen LogP contribution in [0.25, 0.3) is 0 Å². The molecule has 1 saturated heterocycles. The van der Waals surface area contributed by atoms with Crippen LogP contribution >= 0.6 is 0 Å². The lowest BCUT2D eigenvalue weighted by Gasteiger charge is -2.35. The molecule has 3 rings (SSSR count). The van der Waals surface area contributed by atoms with Crippen molar-refractivity contribution in [3.63, 3.8) is 0 Å². The summed E-state index contributed by atoms with van der Waals surface area (Å²) >= 11 is 0. The van der Waals surface area contributed by atoms with Gasteiger partial charge < -0.3 is 19.9 Å². The first-order valence-corrected chi connectivity index (χ1v) is 11.8. The maximum Gasteiger partial charge on any atom is 0.411 e. The van der Waals surface area contributed by atoms with Gasteiger partial charge in [-0.3, -0.25) is 4.90 Å². The van der Waals surface area contributed by atoms with Crippen LogP contribution in [-0.4, -0.2) is 47.4 Å². The van der Waals surface area contributed by atoms with Gasteiger partial charge in [-0.05, 0) is 30.9 Å². The molecule has 1 heterocycles. The molecular weight excluding hydrogens is 451 g/mol. The maximum absolute atomic E-state index is 13.7. The summed E-state index contributed by atoms with van der Waals surface area (Å²) in [4.78, 5) is 27.4. The molecule has 0 spiro atoms. The van der Waals surface area contributed by atoms with Crippen molar-refractivity contribution in [2.24, 2.45) is 11.3 Å². The summed E-state index contributed by atoms with van der Waals surface area (Å²) in [6, 6.07) is 11.5. The van der Waals surface area contributed by atoms with Crippen molar-refractivity contribution < 1.29 is 28.6 Å². The summed E-state index contributed by atoms with van der Waals surface area (Å²) in [5.74, 6) is -1.56. The molecule has 1 amide bonds. The Morgan fingerprint density at radius 1 is 1.14 bits per heavy atom. The third-order valence-electron chi connectivity index (χ3n) is 6.39. The first kappa shape index (κ1) is 26.5. The number of benzene rings is 2. The number of halogens is 1. The molecule has 1 aliphatic heterocycles. The number of ether oxygens (including phenoxy) is 2. The van der Waals surface area contributed by atoms with Gasteiger partial charge in [-0.15, -0.1) is 0 Å². The lowest BCUT2D eigenvalue weighted by atomic mass is 9.72. The van der Waals surface area contributed by atoms with Crippen molar-refractivity contribution in [3.8, 4) is 5.75 Å². The number of rotatable bonds is 7. The third-order valence-corrected chi connectivity index (χ3v) is 6.39. The van der Waals surface area contributed by atoms with Gasteiger partial charge in [0.1, 0.15) is 17.6 Å². The fourth-order valence-corrected chi connectivity index (χ4v) is 5.04. The van der Waals surface area contributed by atoms with Crippen LogP contribution < -0.4 is 10.1 Å². The van der Waals surface area contributed by atoms with Crippen molar-refractivity contribution in [1.29, 1.82) is 0 Å². The molecule has 2 aromatic carbocycles. The molecule has 190 valence electrons. The second kappa shape index (κ2) is 10.6. The van der Waals surface area contributed by atoms with Gasteiger partial charge in [0, 0.05) is 30.1 Å². The smallest absolute Gasteiger partial charge is 0.411 e. The van der Waals surface area contributed by atoms with Gasteiger partial charge in [0.15, 0.2) is 0 Å². The van der Waals surface area contributed by atoms with Crippen LogP contribution in [0, 0.1) is 17.2 Å². The number of carbonyl (C=O) groups excluding carboxylic acids is 1. The first-order chi connectivity index (χ1) is 16.5. The molecule has 2 aromatic rings. The van der Waals surface area contributed by atoms with Crippen molar-refractivity contribution in [3.05, 3.63) is 65.5 Å². The molecule has 7 nitrogen and oxygen atoms in total. The molecule has 2 N–H and O–H groups in total. The highest BCUT2D eigenvalue weighted by Gasteiger charge is 2.58. The number of carboxylic acids is 1. The van der Waals surface area contributed by atoms with Crippen LogP contribution in [0.3, 0.4) is 0 Å². The van der Waals surface area contributed by atoms with E-state index in [1.165, 1.54) is 24.1 Å². The second-order valence-electron chi connectivity index (χ2n) is 10.2. The van der Waals surface area contributed by atoms with E-state index in [0.29, 0.717) is 12.3 Å². The molecule has 0 aliphatic carbocycles. The first-order valence-electron chi connectivity index (χ1n) is 11.8. The van der Waals surface area contributed by atoms with E-state index in [2.05, 4.69) is 5.32 Å². The van der Waals surface area contributed by atoms with Crippen molar-refractivity contribution in [2.75, 3.05) is 7.11 Å². The van der Waals surface area contributed by atoms with E-state index in [4.69, 9.17) is 9.47 Å². The SMILES string of the molecule is COc1cc(F)ccc1CNC1C(c2ccccc2)N(C(=O)OC(C)C)C(C(=O)O)C1C(C)(C)C. The predicted octanol–water partition coefficient (Wildman–Crippen LogP) is 5.01. The zero-order valence-electron chi connectivity index (χ0n) is 21.1. The van der Waals surface area contributed by atoms with E-state index < -0.39 is 53.4 Å². The van der Waals surface area contributed by atoms with Gasteiger partial charge in [-0.2, -0.15) is 0 Å². The zero-order valence-corrected chi connectivity index (χ0v) is 21.1. The Balaban J connectivity index is 2.12. The number of hydrogen-bond acceptors (Lipinski definition) is 5. The topological polar surface area (TPSA) is 88.1 Å². The number of nitrogens with one attached hydrogen (secondary N) is 1. The van der Waals surface area contributed by atoms with Crippen LogP contribution in [0.15, 0.2) is 48.5 Å². The Kier molecular flexibility index (Phi) is 8.05. The molecule has 8 heteroatoms. The van der Waals surface area contributed by atoms with E-state index in [9.17, 15) is 19.1 Å². The van der Waals surface area contributed by atoms with E-state index in [1.807, 2.05) is 51.1 Å². The maximum atomic E-state index is 13.7. The molecule has 1 aliphatic rings. The number of aliphatic carboxylic acids is 1. The van der Waals surface area contributed by atoms with Gasteiger partial charge in [0.25, 0.3) is 0 Å². The van der Waals surface area contributed by atoms with E-state index in [-0.39, 0.29) is 0 Å². The Labute approximate surface area is 206 Å². The number of carboxylic acid groups (broad SMARTS) is 1. The number of nitrogens with zero attached hydrogens (tertiary/aromatic N) is 1. The molecule has 35 heavy (non-hydrogen) atoms. The second-order valence-corrected chi connectivity index (χ2v) is 10.2. The van der Waals surface area contributed by atoms with E-state index in [1.54, 1.807) is 19.9 Å². The van der Waals surface area contributed by atoms with Crippen LogP contribution in [0.4, 0.5) is 9.18 Å². The molecule has 0 aromatic heterocycles.